The Morgan fingerprint density at radius 2 is 2.00 bits per heavy atom. The second-order valence-electron chi connectivity index (χ2n) is 9.58. The molecule has 6 rings (SSSR count). The van der Waals surface area contributed by atoms with Gasteiger partial charge in [-0.3, -0.25) is 14.6 Å². The molecule has 1 atom stereocenters. The summed E-state index contributed by atoms with van der Waals surface area (Å²) >= 11 is 7.40. The predicted molar refractivity (Wildman–Crippen MR) is 158 cm³/mol. The number of nitrogens with one attached hydrogen (secondary N) is 1. The number of aliphatic imine (C=N–C) groups is 1. The van der Waals surface area contributed by atoms with Gasteiger partial charge in [-0.15, -0.1) is 0 Å². The van der Waals surface area contributed by atoms with E-state index in [4.69, 9.17) is 17.3 Å². The van der Waals surface area contributed by atoms with Crippen molar-refractivity contribution in [2.75, 3.05) is 11.9 Å². The van der Waals surface area contributed by atoms with Gasteiger partial charge in [-0.25, -0.2) is 9.97 Å². The minimum absolute atomic E-state index is 0.367. The molecular weight excluding hydrogens is 546 g/mol. The molecule has 2 aliphatic rings. The van der Waals surface area contributed by atoms with E-state index in [0.29, 0.717) is 57.1 Å². The monoisotopic (exact) mass is 569 g/mol. The molecule has 1 fully saturated rings. The standard InChI is InChI=1S/C29H24ClN7O2S/c1-17-5-2-7-21(34-17)15-24-26(38)36-28(40-24)37-12-4-11-29(37,27(31)39)18-9-10-23-22(13-18)25(33-16-32-23)35-20-8-3-6-19(30)14-20/h2-3,5-10,13-16H,4,11-12H2,1H3,(H2,31,39)(H,32,33,35). The number of halogens is 1. The first kappa shape index (κ1) is 26.0. The number of aryl methyl sites for hydroxylation is 1. The zero-order valence-corrected chi connectivity index (χ0v) is 23.0. The van der Waals surface area contributed by atoms with Crippen LogP contribution < -0.4 is 11.1 Å². The van der Waals surface area contributed by atoms with Crippen molar-refractivity contribution < 1.29 is 9.59 Å². The zero-order chi connectivity index (χ0) is 27.9. The summed E-state index contributed by atoms with van der Waals surface area (Å²) in [6.45, 7) is 2.42. The van der Waals surface area contributed by atoms with Crippen LogP contribution in [0.2, 0.25) is 5.02 Å². The van der Waals surface area contributed by atoms with Crippen LogP contribution in [0.4, 0.5) is 11.5 Å². The average molecular weight is 570 g/mol. The molecule has 0 spiro atoms. The number of benzene rings is 2. The van der Waals surface area contributed by atoms with Gasteiger partial charge in [-0.2, -0.15) is 4.99 Å². The van der Waals surface area contributed by atoms with Gasteiger partial charge in [0.1, 0.15) is 17.7 Å². The first-order valence-corrected chi connectivity index (χ1v) is 13.8. The molecule has 4 aromatic rings. The highest BCUT2D eigenvalue weighted by Crippen LogP contribution is 2.44. The summed E-state index contributed by atoms with van der Waals surface area (Å²) < 4.78 is 0. The lowest BCUT2D eigenvalue weighted by Gasteiger charge is -2.37. The molecular formula is C29H24ClN7O2S. The third-order valence-electron chi connectivity index (χ3n) is 7.02. The summed E-state index contributed by atoms with van der Waals surface area (Å²) in [4.78, 5) is 46.1. The molecule has 0 radical (unpaired) electrons. The smallest absolute Gasteiger partial charge is 0.286 e. The van der Waals surface area contributed by atoms with Crippen molar-refractivity contribution in [3.63, 3.8) is 0 Å². The van der Waals surface area contributed by atoms with Crippen LogP contribution in [0.3, 0.4) is 0 Å². The number of amidine groups is 1. The molecule has 3 N–H and O–H groups in total. The van der Waals surface area contributed by atoms with Crippen molar-refractivity contribution in [3.8, 4) is 0 Å². The fraction of sp³-hybridized carbons (Fsp3) is 0.172. The zero-order valence-electron chi connectivity index (χ0n) is 21.5. The second-order valence-corrected chi connectivity index (χ2v) is 11.0. The molecule has 2 aliphatic heterocycles. The van der Waals surface area contributed by atoms with E-state index in [1.807, 2.05) is 60.4 Å². The number of carbonyl (C=O) groups excluding carboxylic acids is 2. The van der Waals surface area contributed by atoms with Crippen LogP contribution in [-0.2, 0) is 15.1 Å². The molecule has 0 aliphatic carbocycles. The van der Waals surface area contributed by atoms with E-state index < -0.39 is 11.4 Å². The van der Waals surface area contributed by atoms with Gasteiger partial charge in [-0.1, -0.05) is 29.8 Å². The van der Waals surface area contributed by atoms with Crippen molar-refractivity contribution >= 4 is 68.8 Å². The number of aromatic nitrogens is 3. The number of anilines is 2. The van der Waals surface area contributed by atoms with E-state index in [0.717, 1.165) is 16.8 Å². The first-order chi connectivity index (χ1) is 19.3. The fourth-order valence-corrected chi connectivity index (χ4v) is 6.37. The lowest BCUT2D eigenvalue weighted by Crippen LogP contribution is -2.52. The van der Waals surface area contributed by atoms with E-state index >= 15 is 0 Å². The van der Waals surface area contributed by atoms with E-state index in [9.17, 15) is 9.59 Å². The highest BCUT2D eigenvalue weighted by molar-refractivity contribution is 8.18. The SMILES string of the molecule is Cc1cccc(C=C2SC(N3CCCC3(C(N)=O)c3ccc4ncnc(Nc5cccc(Cl)c5)c4c3)=NC2=O)n1. The molecule has 0 saturated carbocycles. The molecule has 2 amide bonds. The molecule has 4 heterocycles. The lowest BCUT2D eigenvalue weighted by atomic mass is 9.86. The number of nitrogens with zero attached hydrogens (tertiary/aromatic N) is 5. The maximum Gasteiger partial charge on any atom is 0.286 e. The minimum atomic E-state index is -1.19. The molecule has 11 heteroatoms. The Labute approximate surface area is 239 Å². The van der Waals surface area contributed by atoms with Crippen LogP contribution in [-0.4, -0.2) is 43.4 Å². The van der Waals surface area contributed by atoms with Gasteiger partial charge in [0, 0.05) is 28.3 Å². The molecule has 1 saturated heterocycles. The summed E-state index contributed by atoms with van der Waals surface area (Å²) in [6.07, 6.45) is 4.38. The topological polar surface area (TPSA) is 126 Å². The van der Waals surface area contributed by atoms with E-state index in [-0.39, 0.29) is 5.91 Å². The van der Waals surface area contributed by atoms with Crippen molar-refractivity contribution in [1.82, 2.24) is 19.9 Å². The highest BCUT2D eigenvalue weighted by Gasteiger charge is 2.50. The summed E-state index contributed by atoms with van der Waals surface area (Å²) in [5.74, 6) is -0.315. The second kappa shape index (κ2) is 10.4. The summed E-state index contributed by atoms with van der Waals surface area (Å²) in [5.41, 5.74) is 8.61. The quantitative estimate of drug-likeness (QED) is 0.315. The maximum atomic E-state index is 13.3. The Hall–Kier alpha value is -4.28. The number of primary amides is 1. The number of thioether (sulfide) groups is 1. The van der Waals surface area contributed by atoms with E-state index in [1.165, 1.54) is 18.1 Å². The number of carbonyl (C=O) groups is 2. The van der Waals surface area contributed by atoms with Crippen LogP contribution in [0.1, 0.15) is 29.8 Å². The largest absolute Gasteiger partial charge is 0.367 e. The number of nitrogens with two attached hydrogens (primary N) is 1. The Morgan fingerprint density at radius 3 is 2.80 bits per heavy atom. The molecule has 40 heavy (non-hydrogen) atoms. The van der Waals surface area contributed by atoms with Gasteiger partial charge in [0.05, 0.1) is 16.1 Å². The third kappa shape index (κ3) is 4.69. The third-order valence-corrected chi connectivity index (χ3v) is 8.26. The van der Waals surface area contributed by atoms with E-state index in [2.05, 4.69) is 25.3 Å². The number of fused-ring (bicyclic) bond motifs is 1. The number of hydrogen-bond donors (Lipinski definition) is 2. The fourth-order valence-electron chi connectivity index (χ4n) is 5.19. The Balaban J connectivity index is 1.38. The summed E-state index contributed by atoms with van der Waals surface area (Å²) in [7, 11) is 0. The number of hydrogen-bond acceptors (Lipinski definition) is 8. The van der Waals surface area contributed by atoms with Gasteiger partial charge in [0.25, 0.3) is 5.91 Å². The van der Waals surface area contributed by atoms with Crippen LogP contribution in [0.25, 0.3) is 17.0 Å². The Kier molecular flexibility index (Phi) is 6.73. The molecule has 9 nitrogen and oxygen atoms in total. The molecule has 0 bridgehead atoms. The van der Waals surface area contributed by atoms with Crippen molar-refractivity contribution in [1.29, 1.82) is 0 Å². The number of pyridine rings is 1. The lowest BCUT2D eigenvalue weighted by molar-refractivity contribution is -0.127. The average Bonchev–Trinajstić information content (AvgIpc) is 3.53. The van der Waals surface area contributed by atoms with Crippen molar-refractivity contribution in [2.24, 2.45) is 10.7 Å². The van der Waals surface area contributed by atoms with Gasteiger partial charge in [0.15, 0.2) is 5.17 Å². The van der Waals surface area contributed by atoms with Crippen LogP contribution in [0.15, 0.2) is 76.9 Å². The summed E-state index contributed by atoms with van der Waals surface area (Å²) in [5, 5.41) is 5.06. The van der Waals surface area contributed by atoms with Crippen molar-refractivity contribution in [2.45, 2.75) is 25.3 Å². The van der Waals surface area contributed by atoms with Gasteiger partial charge in [0.2, 0.25) is 5.91 Å². The Bertz CT molecular complexity index is 1740. The van der Waals surface area contributed by atoms with Gasteiger partial charge < -0.3 is 16.0 Å². The minimum Gasteiger partial charge on any atom is -0.367 e. The molecule has 2 aromatic heterocycles. The normalized spacial score (nSPS) is 19.9. The molecule has 1 unspecified atom stereocenters. The number of rotatable bonds is 5. The van der Waals surface area contributed by atoms with Crippen LogP contribution in [0, 0.1) is 6.92 Å². The number of likely N-dealkylation sites (tertiary alicyclic amines) is 1. The highest BCUT2D eigenvalue weighted by atomic mass is 35.5. The predicted octanol–water partition coefficient (Wildman–Crippen LogP) is 5.18. The summed E-state index contributed by atoms with van der Waals surface area (Å²) in [6, 6.07) is 18.5. The first-order valence-electron chi connectivity index (χ1n) is 12.6. The van der Waals surface area contributed by atoms with Crippen LogP contribution >= 0.6 is 23.4 Å². The van der Waals surface area contributed by atoms with Gasteiger partial charge >= 0.3 is 0 Å². The van der Waals surface area contributed by atoms with E-state index in [1.54, 1.807) is 18.2 Å². The van der Waals surface area contributed by atoms with Gasteiger partial charge in [-0.05, 0) is 85.6 Å². The molecule has 200 valence electrons. The maximum absolute atomic E-state index is 13.3. The molecule has 2 aromatic carbocycles. The van der Waals surface area contributed by atoms with Crippen molar-refractivity contribution in [3.05, 3.63) is 93.9 Å². The van der Waals surface area contributed by atoms with Crippen LogP contribution in [0.5, 0.6) is 0 Å². The Morgan fingerprint density at radius 1 is 1.15 bits per heavy atom. The number of amides is 2.